The van der Waals surface area contributed by atoms with Gasteiger partial charge >= 0.3 is 0 Å². The molecule has 33 heavy (non-hydrogen) atoms. The zero-order valence-electron chi connectivity index (χ0n) is 19.0. The van der Waals surface area contributed by atoms with Gasteiger partial charge in [-0.15, -0.1) is 0 Å². The van der Waals surface area contributed by atoms with Gasteiger partial charge in [0.2, 0.25) is 15.9 Å². The van der Waals surface area contributed by atoms with Crippen molar-refractivity contribution in [3.8, 4) is 0 Å². The SMILES string of the molecule is Cc1ccc(NC(=O)C2CCCN(S(=O)(=O)c3c[nH]c(C(=O)N4CCCCCC4)c3)C2)cc1. The Morgan fingerprint density at radius 1 is 1.00 bits per heavy atom. The van der Waals surface area contributed by atoms with E-state index in [1.165, 1.54) is 16.6 Å². The highest BCUT2D eigenvalue weighted by Gasteiger charge is 2.34. The molecule has 1 unspecified atom stereocenters. The van der Waals surface area contributed by atoms with Gasteiger partial charge in [-0.3, -0.25) is 9.59 Å². The van der Waals surface area contributed by atoms with Crippen LogP contribution >= 0.6 is 0 Å². The maximum atomic E-state index is 13.3. The van der Waals surface area contributed by atoms with E-state index in [1.807, 2.05) is 31.2 Å². The molecule has 2 fully saturated rings. The molecule has 178 valence electrons. The quantitative estimate of drug-likeness (QED) is 0.696. The van der Waals surface area contributed by atoms with Gasteiger partial charge in [0.1, 0.15) is 10.6 Å². The summed E-state index contributed by atoms with van der Waals surface area (Å²) in [6, 6.07) is 8.95. The fourth-order valence-electron chi connectivity index (χ4n) is 4.50. The normalized spacial score (nSPS) is 20.3. The molecule has 0 aliphatic carbocycles. The van der Waals surface area contributed by atoms with E-state index in [4.69, 9.17) is 0 Å². The number of amides is 2. The smallest absolute Gasteiger partial charge is 0.270 e. The Kier molecular flexibility index (Phi) is 7.19. The fourth-order valence-corrected chi connectivity index (χ4v) is 6.01. The number of benzene rings is 1. The summed E-state index contributed by atoms with van der Waals surface area (Å²) in [6.45, 7) is 3.86. The number of nitrogens with zero attached hydrogens (tertiary/aromatic N) is 2. The first kappa shape index (κ1) is 23.5. The van der Waals surface area contributed by atoms with Crippen LogP contribution in [0.1, 0.15) is 54.6 Å². The Morgan fingerprint density at radius 2 is 1.70 bits per heavy atom. The van der Waals surface area contributed by atoms with Gasteiger partial charge in [-0.05, 0) is 50.8 Å². The minimum absolute atomic E-state index is 0.0697. The molecule has 0 bridgehead atoms. The number of aromatic amines is 1. The molecule has 8 nitrogen and oxygen atoms in total. The van der Waals surface area contributed by atoms with Crippen LogP contribution in [0.25, 0.3) is 0 Å². The average Bonchev–Trinajstić information content (AvgIpc) is 3.17. The lowest BCUT2D eigenvalue weighted by molar-refractivity contribution is -0.120. The number of hydrogen-bond acceptors (Lipinski definition) is 4. The Balaban J connectivity index is 1.43. The van der Waals surface area contributed by atoms with Crippen molar-refractivity contribution in [2.24, 2.45) is 5.92 Å². The van der Waals surface area contributed by atoms with Crippen LogP contribution < -0.4 is 5.32 Å². The van der Waals surface area contributed by atoms with Gasteiger partial charge in [-0.1, -0.05) is 30.5 Å². The Labute approximate surface area is 195 Å². The zero-order chi connectivity index (χ0) is 23.4. The zero-order valence-corrected chi connectivity index (χ0v) is 19.9. The number of aryl methyl sites for hydroxylation is 1. The molecule has 0 spiro atoms. The van der Waals surface area contributed by atoms with E-state index < -0.39 is 15.9 Å². The molecule has 2 N–H and O–H groups in total. The van der Waals surface area contributed by atoms with E-state index in [0.717, 1.165) is 31.2 Å². The molecule has 2 saturated heterocycles. The van der Waals surface area contributed by atoms with Crippen LogP contribution in [-0.2, 0) is 14.8 Å². The number of rotatable bonds is 5. The predicted octanol–water partition coefficient (Wildman–Crippen LogP) is 3.38. The highest BCUT2D eigenvalue weighted by atomic mass is 32.2. The first-order valence-electron chi connectivity index (χ1n) is 11.7. The van der Waals surface area contributed by atoms with Gasteiger partial charge in [0.25, 0.3) is 5.91 Å². The second kappa shape index (κ2) is 10.1. The molecule has 2 aromatic rings. The third kappa shape index (κ3) is 5.47. The summed E-state index contributed by atoms with van der Waals surface area (Å²) >= 11 is 0. The third-order valence-corrected chi connectivity index (χ3v) is 8.33. The summed E-state index contributed by atoms with van der Waals surface area (Å²) in [7, 11) is -3.81. The van der Waals surface area contributed by atoms with Gasteiger partial charge in [-0.25, -0.2) is 8.42 Å². The van der Waals surface area contributed by atoms with Gasteiger partial charge in [0, 0.05) is 38.1 Å². The van der Waals surface area contributed by atoms with Crippen LogP contribution in [0.5, 0.6) is 0 Å². The van der Waals surface area contributed by atoms with Crippen LogP contribution in [0.2, 0.25) is 0 Å². The second-order valence-electron chi connectivity index (χ2n) is 9.01. The molecule has 2 aliphatic rings. The van der Waals surface area contributed by atoms with Crippen LogP contribution in [0, 0.1) is 12.8 Å². The molecule has 2 aliphatic heterocycles. The minimum Gasteiger partial charge on any atom is -0.356 e. The van der Waals surface area contributed by atoms with E-state index in [2.05, 4.69) is 10.3 Å². The molecule has 0 saturated carbocycles. The largest absolute Gasteiger partial charge is 0.356 e. The van der Waals surface area contributed by atoms with Gasteiger partial charge in [0.05, 0.1) is 5.92 Å². The molecule has 3 heterocycles. The fraction of sp³-hybridized carbons (Fsp3) is 0.500. The Morgan fingerprint density at radius 3 is 2.39 bits per heavy atom. The number of H-pyrrole nitrogens is 1. The lowest BCUT2D eigenvalue weighted by Crippen LogP contribution is -2.43. The number of likely N-dealkylation sites (tertiary alicyclic amines) is 1. The topological polar surface area (TPSA) is 103 Å². The van der Waals surface area contributed by atoms with Crippen molar-refractivity contribution >= 4 is 27.5 Å². The van der Waals surface area contributed by atoms with Crippen molar-refractivity contribution < 1.29 is 18.0 Å². The number of aromatic nitrogens is 1. The van der Waals surface area contributed by atoms with Gasteiger partial charge in [0.15, 0.2) is 0 Å². The van der Waals surface area contributed by atoms with Crippen LogP contribution in [0.4, 0.5) is 5.69 Å². The van der Waals surface area contributed by atoms with Crippen molar-refractivity contribution in [3.05, 3.63) is 47.8 Å². The van der Waals surface area contributed by atoms with E-state index in [9.17, 15) is 18.0 Å². The molecule has 1 aromatic heterocycles. The van der Waals surface area contributed by atoms with Crippen molar-refractivity contribution in [2.45, 2.75) is 50.3 Å². The van der Waals surface area contributed by atoms with Crippen LogP contribution in [-0.4, -0.2) is 60.6 Å². The molecular formula is C24H32N4O4S. The minimum atomic E-state index is -3.81. The van der Waals surface area contributed by atoms with Crippen LogP contribution in [0.3, 0.4) is 0 Å². The number of carbonyl (C=O) groups is 2. The molecule has 1 aromatic carbocycles. The molecular weight excluding hydrogens is 440 g/mol. The summed E-state index contributed by atoms with van der Waals surface area (Å²) in [5, 5.41) is 2.89. The third-order valence-electron chi connectivity index (χ3n) is 6.49. The molecule has 1 atom stereocenters. The summed E-state index contributed by atoms with van der Waals surface area (Å²) in [5.74, 6) is -0.760. The highest BCUT2D eigenvalue weighted by molar-refractivity contribution is 7.89. The number of piperidine rings is 1. The van der Waals surface area contributed by atoms with Gasteiger partial charge < -0.3 is 15.2 Å². The van der Waals surface area contributed by atoms with Gasteiger partial charge in [-0.2, -0.15) is 4.31 Å². The number of sulfonamides is 1. The Bertz CT molecular complexity index is 1090. The summed E-state index contributed by atoms with van der Waals surface area (Å²) in [5.41, 5.74) is 2.09. The monoisotopic (exact) mass is 472 g/mol. The maximum Gasteiger partial charge on any atom is 0.270 e. The number of nitrogens with one attached hydrogen (secondary N) is 2. The molecule has 9 heteroatoms. The second-order valence-corrected chi connectivity index (χ2v) is 11.0. The van der Waals surface area contributed by atoms with E-state index in [-0.39, 0.29) is 23.3 Å². The first-order chi connectivity index (χ1) is 15.8. The Hall–Kier alpha value is -2.65. The van der Waals surface area contributed by atoms with Crippen LogP contribution in [0.15, 0.2) is 41.4 Å². The van der Waals surface area contributed by atoms with E-state index in [1.54, 1.807) is 4.90 Å². The summed E-state index contributed by atoms with van der Waals surface area (Å²) in [4.78, 5) is 30.3. The van der Waals surface area contributed by atoms with Crippen molar-refractivity contribution in [3.63, 3.8) is 0 Å². The first-order valence-corrected chi connectivity index (χ1v) is 13.1. The van der Waals surface area contributed by atoms with Crippen molar-refractivity contribution in [2.75, 3.05) is 31.5 Å². The number of anilines is 1. The molecule has 2 amide bonds. The standard InChI is InChI=1S/C24H32N4O4S/c1-18-8-10-20(11-9-18)26-23(29)19-7-6-14-28(17-19)33(31,32)21-15-22(25-16-21)24(30)27-12-4-2-3-5-13-27/h8-11,15-16,19,25H,2-7,12-14,17H2,1H3,(H,26,29). The van der Waals surface area contributed by atoms with E-state index in [0.29, 0.717) is 43.9 Å². The summed E-state index contributed by atoms with van der Waals surface area (Å²) in [6.07, 6.45) is 6.79. The number of carbonyl (C=O) groups excluding carboxylic acids is 2. The maximum absolute atomic E-state index is 13.3. The lowest BCUT2D eigenvalue weighted by atomic mass is 9.98. The van der Waals surface area contributed by atoms with Crippen molar-refractivity contribution in [1.29, 1.82) is 0 Å². The van der Waals surface area contributed by atoms with Crippen molar-refractivity contribution in [1.82, 2.24) is 14.2 Å². The predicted molar refractivity (Wildman–Crippen MR) is 126 cm³/mol. The molecule has 4 rings (SSSR count). The molecule has 0 radical (unpaired) electrons. The van der Waals surface area contributed by atoms with E-state index >= 15 is 0 Å². The highest BCUT2D eigenvalue weighted by Crippen LogP contribution is 2.26. The number of hydrogen-bond donors (Lipinski definition) is 2. The average molecular weight is 473 g/mol. The summed E-state index contributed by atoms with van der Waals surface area (Å²) < 4.78 is 27.9. The lowest BCUT2D eigenvalue weighted by Gasteiger charge is -2.31.